The number of para-hydroxylation sites is 1. The molecular formula is C15H23NO. The Morgan fingerprint density at radius 1 is 1.41 bits per heavy atom. The first-order valence-corrected chi connectivity index (χ1v) is 6.73. The van der Waals surface area contributed by atoms with Crippen molar-refractivity contribution in [2.75, 3.05) is 19.7 Å². The van der Waals surface area contributed by atoms with E-state index in [0.29, 0.717) is 11.8 Å². The Balaban J connectivity index is 1.98. The molecule has 1 heterocycles. The summed E-state index contributed by atoms with van der Waals surface area (Å²) < 4.78 is 6.00. The highest BCUT2D eigenvalue weighted by molar-refractivity contribution is 5.35. The maximum atomic E-state index is 6.00. The van der Waals surface area contributed by atoms with Crippen LogP contribution in [0.2, 0.25) is 0 Å². The molecule has 1 fully saturated rings. The van der Waals surface area contributed by atoms with Gasteiger partial charge in [-0.25, -0.2) is 0 Å². The van der Waals surface area contributed by atoms with E-state index in [1.54, 1.807) is 0 Å². The fraction of sp³-hybridized carbons (Fsp3) is 0.600. The first kappa shape index (κ1) is 12.4. The van der Waals surface area contributed by atoms with Crippen molar-refractivity contribution in [2.24, 2.45) is 5.92 Å². The van der Waals surface area contributed by atoms with Gasteiger partial charge in [-0.3, -0.25) is 0 Å². The zero-order valence-electron chi connectivity index (χ0n) is 10.9. The van der Waals surface area contributed by atoms with Crippen LogP contribution in [0.25, 0.3) is 0 Å². The third-order valence-corrected chi connectivity index (χ3v) is 3.70. The predicted octanol–water partition coefficient (Wildman–Crippen LogP) is 3.19. The molecule has 0 unspecified atom stereocenters. The van der Waals surface area contributed by atoms with Crippen molar-refractivity contribution in [2.45, 2.75) is 32.6 Å². The minimum absolute atomic E-state index is 0.577. The average Bonchev–Trinajstić information content (AvgIpc) is 2.89. The molecule has 0 bridgehead atoms. The molecule has 2 nitrogen and oxygen atoms in total. The standard InChI is InChI=1S/C15H23NO/c1-3-12(2)14-6-4-5-7-15(14)17-11-13-8-9-16-10-13/h4-7,12-13,16H,3,8-11H2,1-2H3/t12-,13-/m0/s1. The molecule has 1 aliphatic rings. The van der Waals surface area contributed by atoms with Crippen molar-refractivity contribution >= 4 is 0 Å². The van der Waals surface area contributed by atoms with Crippen LogP contribution in [0.5, 0.6) is 5.75 Å². The summed E-state index contributed by atoms with van der Waals surface area (Å²) in [4.78, 5) is 0. The minimum Gasteiger partial charge on any atom is -0.493 e. The number of hydrogen-bond donors (Lipinski definition) is 1. The molecule has 0 amide bonds. The van der Waals surface area contributed by atoms with E-state index in [-0.39, 0.29) is 0 Å². The van der Waals surface area contributed by atoms with Gasteiger partial charge in [-0.1, -0.05) is 32.0 Å². The van der Waals surface area contributed by atoms with Gasteiger partial charge in [-0.15, -0.1) is 0 Å². The van der Waals surface area contributed by atoms with Gasteiger partial charge < -0.3 is 10.1 Å². The highest BCUT2D eigenvalue weighted by atomic mass is 16.5. The van der Waals surface area contributed by atoms with Gasteiger partial charge in [0.05, 0.1) is 6.61 Å². The van der Waals surface area contributed by atoms with Crippen LogP contribution in [0, 0.1) is 5.92 Å². The molecule has 2 heteroatoms. The Hall–Kier alpha value is -1.02. The first-order chi connectivity index (χ1) is 8.31. The van der Waals surface area contributed by atoms with Crippen LogP contribution < -0.4 is 10.1 Å². The van der Waals surface area contributed by atoms with Gasteiger partial charge in [0.1, 0.15) is 5.75 Å². The van der Waals surface area contributed by atoms with Crippen molar-refractivity contribution in [3.63, 3.8) is 0 Å². The summed E-state index contributed by atoms with van der Waals surface area (Å²) in [6.07, 6.45) is 2.40. The number of benzene rings is 1. The maximum Gasteiger partial charge on any atom is 0.122 e. The lowest BCUT2D eigenvalue weighted by atomic mass is 9.98. The number of hydrogen-bond acceptors (Lipinski definition) is 2. The van der Waals surface area contributed by atoms with E-state index in [9.17, 15) is 0 Å². The molecule has 2 atom stereocenters. The molecule has 17 heavy (non-hydrogen) atoms. The van der Waals surface area contributed by atoms with Crippen LogP contribution in [-0.4, -0.2) is 19.7 Å². The van der Waals surface area contributed by atoms with Crippen LogP contribution in [0.1, 0.15) is 38.2 Å². The molecule has 1 aliphatic heterocycles. The van der Waals surface area contributed by atoms with E-state index in [1.807, 2.05) is 0 Å². The second-order valence-corrected chi connectivity index (χ2v) is 5.02. The van der Waals surface area contributed by atoms with Crippen molar-refractivity contribution in [1.82, 2.24) is 5.32 Å². The zero-order chi connectivity index (χ0) is 12.1. The van der Waals surface area contributed by atoms with E-state index in [1.165, 1.54) is 12.0 Å². The highest BCUT2D eigenvalue weighted by Gasteiger charge is 2.16. The SMILES string of the molecule is CC[C@H](C)c1ccccc1OC[C@H]1CCNC1. The third kappa shape index (κ3) is 3.22. The summed E-state index contributed by atoms with van der Waals surface area (Å²) in [6.45, 7) is 7.58. The zero-order valence-corrected chi connectivity index (χ0v) is 10.9. The van der Waals surface area contributed by atoms with Gasteiger partial charge in [0, 0.05) is 12.5 Å². The molecule has 1 saturated heterocycles. The summed E-state index contributed by atoms with van der Waals surface area (Å²) in [5.41, 5.74) is 1.35. The lowest BCUT2D eigenvalue weighted by molar-refractivity contribution is 0.256. The molecule has 1 N–H and O–H groups in total. The van der Waals surface area contributed by atoms with Gasteiger partial charge >= 0.3 is 0 Å². The Morgan fingerprint density at radius 2 is 2.24 bits per heavy atom. The fourth-order valence-corrected chi connectivity index (χ4v) is 2.30. The van der Waals surface area contributed by atoms with Gasteiger partial charge in [0.2, 0.25) is 0 Å². The Labute approximate surface area is 104 Å². The highest BCUT2D eigenvalue weighted by Crippen LogP contribution is 2.28. The van der Waals surface area contributed by atoms with E-state index in [4.69, 9.17) is 4.74 Å². The molecule has 0 aliphatic carbocycles. The number of rotatable bonds is 5. The normalized spacial score (nSPS) is 21.4. The largest absolute Gasteiger partial charge is 0.493 e. The second-order valence-electron chi connectivity index (χ2n) is 5.02. The Bertz CT molecular complexity index is 345. The van der Waals surface area contributed by atoms with Gasteiger partial charge in [0.25, 0.3) is 0 Å². The fourth-order valence-electron chi connectivity index (χ4n) is 2.30. The summed E-state index contributed by atoms with van der Waals surface area (Å²) in [7, 11) is 0. The van der Waals surface area contributed by atoms with Crippen LogP contribution in [-0.2, 0) is 0 Å². The van der Waals surface area contributed by atoms with Gasteiger partial charge in [-0.2, -0.15) is 0 Å². The molecule has 0 saturated carbocycles. The number of nitrogens with one attached hydrogen (secondary N) is 1. The summed E-state index contributed by atoms with van der Waals surface area (Å²) in [5, 5.41) is 3.38. The molecular weight excluding hydrogens is 210 g/mol. The quantitative estimate of drug-likeness (QED) is 0.843. The number of ether oxygens (including phenoxy) is 1. The molecule has 0 spiro atoms. The average molecular weight is 233 g/mol. The monoisotopic (exact) mass is 233 g/mol. The molecule has 1 aromatic carbocycles. The van der Waals surface area contributed by atoms with Crippen LogP contribution in [0.15, 0.2) is 24.3 Å². The van der Waals surface area contributed by atoms with Crippen molar-refractivity contribution in [3.05, 3.63) is 29.8 Å². The van der Waals surface area contributed by atoms with E-state index in [2.05, 4.69) is 43.4 Å². The van der Waals surface area contributed by atoms with Crippen LogP contribution in [0.3, 0.4) is 0 Å². The summed E-state index contributed by atoms with van der Waals surface area (Å²) in [5.74, 6) is 2.33. The first-order valence-electron chi connectivity index (χ1n) is 6.73. The molecule has 0 aromatic heterocycles. The third-order valence-electron chi connectivity index (χ3n) is 3.70. The molecule has 0 radical (unpaired) electrons. The predicted molar refractivity (Wildman–Crippen MR) is 71.6 cm³/mol. The maximum absolute atomic E-state index is 6.00. The smallest absolute Gasteiger partial charge is 0.122 e. The van der Waals surface area contributed by atoms with Crippen molar-refractivity contribution < 1.29 is 4.74 Å². The van der Waals surface area contributed by atoms with Crippen LogP contribution in [0.4, 0.5) is 0 Å². The van der Waals surface area contributed by atoms with Gasteiger partial charge in [0.15, 0.2) is 0 Å². The summed E-state index contributed by atoms with van der Waals surface area (Å²) >= 11 is 0. The topological polar surface area (TPSA) is 21.3 Å². The van der Waals surface area contributed by atoms with E-state index < -0.39 is 0 Å². The minimum atomic E-state index is 0.577. The van der Waals surface area contributed by atoms with E-state index in [0.717, 1.165) is 31.9 Å². The molecule has 94 valence electrons. The second kappa shape index (κ2) is 6.06. The van der Waals surface area contributed by atoms with Crippen molar-refractivity contribution in [1.29, 1.82) is 0 Å². The van der Waals surface area contributed by atoms with Crippen molar-refractivity contribution in [3.8, 4) is 5.75 Å². The Morgan fingerprint density at radius 3 is 2.94 bits per heavy atom. The molecule has 1 aromatic rings. The van der Waals surface area contributed by atoms with E-state index >= 15 is 0 Å². The molecule has 2 rings (SSSR count). The van der Waals surface area contributed by atoms with Crippen LogP contribution >= 0.6 is 0 Å². The lowest BCUT2D eigenvalue weighted by Crippen LogP contribution is -2.16. The van der Waals surface area contributed by atoms with Gasteiger partial charge in [-0.05, 0) is 36.9 Å². The Kier molecular flexibility index (Phi) is 4.43. The lowest BCUT2D eigenvalue weighted by Gasteiger charge is -2.17. The summed E-state index contributed by atoms with van der Waals surface area (Å²) in [6, 6.07) is 8.46.